The first-order valence-electron chi connectivity index (χ1n) is 7.12. The van der Waals surface area contributed by atoms with Gasteiger partial charge in [-0.3, -0.25) is 0 Å². The summed E-state index contributed by atoms with van der Waals surface area (Å²) in [5.41, 5.74) is 1.87. The van der Waals surface area contributed by atoms with Gasteiger partial charge in [0, 0.05) is 17.3 Å². The van der Waals surface area contributed by atoms with Crippen molar-refractivity contribution in [3.05, 3.63) is 59.1 Å². The lowest BCUT2D eigenvalue weighted by atomic mass is 10.2. The van der Waals surface area contributed by atoms with E-state index in [1.165, 1.54) is 0 Å². The van der Waals surface area contributed by atoms with Crippen LogP contribution in [0.1, 0.15) is 12.5 Å². The van der Waals surface area contributed by atoms with E-state index in [4.69, 9.17) is 16.3 Å². The van der Waals surface area contributed by atoms with Crippen LogP contribution in [0, 0.1) is 0 Å². The van der Waals surface area contributed by atoms with Gasteiger partial charge in [0.25, 0.3) is 0 Å². The van der Waals surface area contributed by atoms with E-state index in [9.17, 15) is 10.2 Å². The molecule has 0 aliphatic rings. The Morgan fingerprint density at radius 1 is 1.14 bits per heavy atom. The Labute approximate surface area is 135 Å². The van der Waals surface area contributed by atoms with Crippen LogP contribution in [-0.4, -0.2) is 29.0 Å². The molecule has 0 amide bonds. The molecule has 0 saturated heterocycles. The third-order valence-corrected chi connectivity index (χ3v) is 3.46. The molecule has 0 fully saturated rings. The molecule has 0 aliphatic carbocycles. The molecule has 5 heteroatoms. The van der Waals surface area contributed by atoms with Crippen molar-refractivity contribution < 1.29 is 14.9 Å². The van der Waals surface area contributed by atoms with Gasteiger partial charge in [-0.15, -0.1) is 0 Å². The van der Waals surface area contributed by atoms with Gasteiger partial charge in [-0.25, -0.2) is 0 Å². The van der Waals surface area contributed by atoms with Crippen molar-refractivity contribution in [1.29, 1.82) is 0 Å². The molecule has 0 aliphatic heterocycles. The minimum absolute atomic E-state index is 0.292. The molecule has 0 radical (unpaired) electrons. The highest BCUT2D eigenvalue weighted by Gasteiger charge is 2.09. The lowest BCUT2D eigenvalue weighted by Gasteiger charge is -2.15. The Hall–Kier alpha value is -1.75. The molecule has 0 bridgehead atoms. The zero-order valence-electron chi connectivity index (χ0n) is 12.4. The summed E-state index contributed by atoms with van der Waals surface area (Å²) in [6, 6.07) is 15.0. The molecule has 0 spiro atoms. The standard InChI is InChI=1S/C17H20ClNO3/c1-12(20)17(21)10-19-15-5-7-16(8-6-15)22-11-13-3-2-4-14(18)9-13/h2-9,12,17,19-21H,10-11H2,1H3. The van der Waals surface area contributed by atoms with Crippen LogP contribution in [0.2, 0.25) is 5.02 Å². The van der Waals surface area contributed by atoms with E-state index >= 15 is 0 Å². The maximum atomic E-state index is 9.53. The van der Waals surface area contributed by atoms with E-state index in [1.807, 2.05) is 48.5 Å². The van der Waals surface area contributed by atoms with Crippen molar-refractivity contribution in [3.63, 3.8) is 0 Å². The molecule has 3 N–H and O–H groups in total. The van der Waals surface area contributed by atoms with Crippen molar-refractivity contribution in [3.8, 4) is 5.75 Å². The Morgan fingerprint density at radius 3 is 2.50 bits per heavy atom. The lowest BCUT2D eigenvalue weighted by molar-refractivity contribution is 0.0400. The summed E-state index contributed by atoms with van der Waals surface area (Å²) in [6.45, 7) is 2.30. The number of ether oxygens (including phenoxy) is 1. The second-order valence-electron chi connectivity index (χ2n) is 5.13. The molecule has 2 aromatic carbocycles. The highest BCUT2D eigenvalue weighted by molar-refractivity contribution is 6.30. The number of anilines is 1. The first kappa shape index (κ1) is 16.6. The van der Waals surface area contributed by atoms with Crippen molar-refractivity contribution in [1.82, 2.24) is 0 Å². The molecule has 0 saturated carbocycles. The fourth-order valence-corrected chi connectivity index (χ4v) is 2.07. The zero-order chi connectivity index (χ0) is 15.9. The molecule has 2 aromatic rings. The topological polar surface area (TPSA) is 61.7 Å². The van der Waals surface area contributed by atoms with Crippen LogP contribution in [0.15, 0.2) is 48.5 Å². The number of aliphatic hydroxyl groups excluding tert-OH is 2. The van der Waals surface area contributed by atoms with E-state index in [0.717, 1.165) is 17.0 Å². The van der Waals surface area contributed by atoms with Gasteiger partial charge in [0.15, 0.2) is 0 Å². The Morgan fingerprint density at radius 2 is 1.86 bits per heavy atom. The number of rotatable bonds is 7. The van der Waals surface area contributed by atoms with Crippen LogP contribution in [-0.2, 0) is 6.61 Å². The molecular weight excluding hydrogens is 302 g/mol. The largest absolute Gasteiger partial charge is 0.489 e. The third-order valence-electron chi connectivity index (χ3n) is 3.22. The number of hydrogen-bond acceptors (Lipinski definition) is 4. The van der Waals surface area contributed by atoms with Gasteiger partial charge >= 0.3 is 0 Å². The number of hydrogen-bond donors (Lipinski definition) is 3. The van der Waals surface area contributed by atoms with E-state index in [2.05, 4.69) is 5.32 Å². The molecule has 22 heavy (non-hydrogen) atoms. The van der Waals surface area contributed by atoms with Crippen molar-refractivity contribution in [2.45, 2.75) is 25.7 Å². The van der Waals surface area contributed by atoms with Gasteiger partial charge in [0.1, 0.15) is 12.4 Å². The minimum atomic E-state index is -0.793. The quantitative estimate of drug-likeness (QED) is 0.733. The first-order chi connectivity index (χ1) is 10.5. The summed E-state index contributed by atoms with van der Waals surface area (Å²) in [6.07, 6.45) is -1.55. The lowest BCUT2D eigenvalue weighted by Crippen LogP contribution is -2.30. The van der Waals surface area contributed by atoms with E-state index < -0.39 is 12.2 Å². The summed E-state index contributed by atoms with van der Waals surface area (Å²) in [5.74, 6) is 0.751. The first-order valence-corrected chi connectivity index (χ1v) is 7.49. The molecule has 2 atom stereocenters. The van der Waals surface area contributed by atoms with Gasteiger partial charge in [-0.05, 0) is 48.9 Å². The number of halogens is 1. The fourth-order valence-electron chi connectivity index (χ4n) is 1.86. The van der Waals surface area contributed by atoms with Gasteiger partial charge < -0.3 is 20.3 Å². The highest BCUT2D eigenvalue weighted by atomic mass is 35.5. The average molecular weight is 322 g/mol. The molecule has 118 valence electrons. The van der Waals surface area contributed by atoms with E-state index in [1.54, 1.807) is 6.92 Å². The van der Waals surface area contributed by atoms with Gasteiger partial charge in [0.2, 0.25) is 0 Å². The van der Waals surface area contributed by atoms with Gasteiger partial charge in [-0.1, -0.05) is 23.7 Å². The van der Waals surface area contributed by atoms with Crippen LogP contribution in [0.3, 0.4) is 0 Å². The predicted octanol–water partition coefficient (Wildman–Crippen LogP) is 3.07. The Balaban J connectivity index is 1.84. The SMILES string of the molecule is CC(O)C(O)CNc1ccc(OCc2cccc(Cl)c2)cc1. The monoisotopic (exact) mass is 321 g/mol. The Kier molecular flexibility index (Phi) is 6.07. The summed E-state index contributed by atoms with van der Waals surface area (Å²) in [5, 5.41) is 22.5. The van der Waals surface area contributed by atoms with Crippen LogP contribution < -0.4 is 10.1 Å². The highest BCUT2D eigenvalue weighted by Crippen LogP contribution is 2.18. The molecule has 4 nitrogen and oxygen atoms in total. The fraction of sp³-hybridized carbons (Fsp3) is 0.294. The van der Waals surface area contributed by atoms with E-state index in [-0.39, 0.29) is 0 Å². The van der Waals surface area contributed by atoms with Crippen LogP contribution in [0.25, 0.3) is 0 Å². The van der Waals surface area contributed by atoms with Crippen LogP contribution in [0.5, 0.6) is 5.75 Å². The predicted molar refractivity (Wildman–Crippen MR) is 88.4 cm³/mol. The smallest absolute Gasteiger partial charge is 0.119 e. The second-order valence-corrected chi connectivity index (χ2v) is 5.57. The number of aliphatic hydroxyl groups is 2. The van der Waals surface area contributed by atoms with Crippen molar-refractivity contribution >= 4 is 17.3 Å². The zero-order valence-corrected chi connectivity index (χ0v) is 13.1. The molecule has 2 rings (SSSR count). The maximum Gasteiger partial charge on any atom is 0.119 e. The summed E-state index contributed by atoms with van der Waals surface area (Å²) < 4.78 is 5.69. The summed E-state index contributed by atoms with van der Waals surface area (Å²) >= 11 is 5.93. The van der Waals surface area contributed by atoms with Crippen molar-refractivity contribution in [2.24, 2.45) is 0 Å². The second kappa shape index (κ2) is 8.03. The number of nitrogens with one attached hydrogen (secondary N) is 1. The van der Waals surface area contributed by atoms with Crippen LogP contribution >= 0.6 is 11.6 Å². The molecule has 2 unspecified atom stereocenters. The number of benzene rings is 2. The van der Waals surface area contributed by atoms with Gasteiger partial charge in [-0.2, -0.15) is 0 Å². The summed E-state index contributed by atoms with van der Waals surface area (Å²) in [4.78, 5) is 0. The van der Waals surface area contributed by atoms with Crippen LogP contribution in [0.4, 0.5) is 5.69 Å². The molecule has 0 aromatic heterocycles. The van der Waals surface area contributed by atoms with E-state index in [0.29, 0.717) is 18.2 Å². The average Bonchev–Trinajstić information content (AvgIpc) is 2.51. The maximum absolute atomic E-state index is 9.53. The van der Waals surface area contributed by atoms with Crippen molar-refractivity contribution in [2.75, 3.05) is 11.9 Å². The molecular formula is C17H20ClNO3. The third kappa shape index (κ3) is 5.22. The normalized spacial score (nSPS) is 13.5. The Bertz CT molecular complexity index is 587. The summed E-state index contributed by atoms with van der Waals surface area (Å²) in [7, 11) is 0. The van der Waals surface area contributed by atoms with Gasteiger partial charge in [0.05, 0.1) is 12.2 Å². The minimum Gasteiger partial charge on any atom is -0.489 e. The molecule has 0 heterocycles.